The average Bonchev–Trinajstić information content (AvgIpc) is 3.16. The van der Waals surface area contributed by atoms with Gasteiger partial charge in [0.05, 0.1) is 15.5 Å². The molecule has 0 fully saturated rings. The lowest BCUT2D eigenvalue weighted by atomic mass is 10.2. The molecule has 1 aromatic heterocycles. The lowest BCUT2D eigenvalue weighted by Gasteiger charge is -2.13. The third-order valence-corrected chi connectivity index (χ3v) is 5.97. The molecule has 0 aliphatic rings. The molecule has 8 nitrogen and oxygen atoms in total. The molecule has 0 saturated carbocycles. The minimum absolute atomic E-state index is 0.0506. The number of halogens is 2. The quantitative estimate of drug-likeness (QED) is 0.680. The Bertz CT molecular complexity index is 1130. The van der Waals surface area contributed by atoms with Crippen LogP contribution in [0.4, 0.5) is 10.1 Å². The Hall–Kier alpha value is -2.82. The zero-order valence-corrected chi connectivity index (χ0v) is 16.4. The Morgan fingerprint density at radius 1 is 1.21 bits per heavy atom. The van der Waals surface area contributed by atoms with Crippen LogP contribution in [0.5, 0.6) is 0 Å². The predicted molar refractivity (Wildman–Crippen MR) is 102 cm³/mol. The summed E-state index contributed by atoms with van der Waals surface area (Å²) >= 11 is 6.05. The van der Waals surface area contributed by atoms with E-state index in [0.717, 1.165) is 10.4 Å². The highest BCUT2D eigenvalue weighted by Crippen LogP contribution is 2.24. The molecule has 0 bridgehead atoms. The van der Waals surface area contributed by atoms with Gasteiger partial charge in [-0.3, -0.25) is 4.79 Å². The van der Waals surface area contributed by atoms with E-state index in [2.05, 4.69) is 15.4 Å². The second-order valence-corrected chi connectivity index (χ2v) is 8.45. The standard InChI is InChI=1S/C17H15ClFN5O3S/c1-23(2)28(26,27)12-4-5-14(18)13(8-12)17(25)22-11-3-6-16(15(19)7-11)24-10-20-9-21-24/h3-10H,1-2H3,(H,22,25). The maximum atomic E-state index is 14.3. The first-order chi connectivity index (χ1) is 13.2. The second-order valence-electron chi connectivity index (χ2n) is 5.89. The van der Waals surface area contributed by atoms with Crippen molar-refractivity contribution in [2.75, 3.05) is 19.4 Å². The van der Waals surface area contributed by atoms with Crippen LogP contribution >= 0.6 is 11.6 Å². The first kappa shape index (κ1) is 19.9. The van der Waals surface area contributed by atoms with Crippen LogP contribution in [0.2, 0.25) is 5.02 Å². The van der Waals surface area contributed by atoms with Crippen molar-refractivity contribution in [2.45, 2.75) is 4.90 Å². The molecule has 0 radical (unpaired) electrons. The molecule has 0 aliphatic carbocycles. The summed E-state index contributed by atoms with van der Waals surface area (Å²) in [6, 6.07) is 7.82. The van der Waals surface area contributed by atoms with Gasteiger partial charge in [0, 0.05) is 19.8 Å². The molecule has 0 aliphatic heterocycles. The number of hydrogen-bond donors (Lipinski definition) is 1. The van der Waals surface area contributed by atoms with E-state index in [1.807, 2.05) is 0 Å². The lowest BCUT2D eigenvalue weighted by molar-refractivity contribution is 0.102. The third-order valence-electron chi connectivity index (χ3n) is 3.83. The molecule has 0 spiro atoms. The fourth-order valence-corrected chi connectivity index (χ4v) is 3.48. The largest absolute Gasteiger partial charge is 0.322 e. The maximum Gasteiger partial charge on any atom is 0.257 e. The zero-order chi connectivity index (χ0) is 20.5. The van der Waals surface area contributed by atoms with Gasteiger partial charge < -0.3 is 5.32 Å². The van der Waals surface area contributed by atoms with Crippen molar-refractivity contribution in [1.29, 1.82) is 0 Å². The number of rotatable bonds is 5. The van der Waals surface area contributed by atoms with E-state index in [0.29, 0.717) is 0 Å². The van der Waals surface area contributed by atoms with Crippen LogP contribution in [0.3, 0.4) is 0 Å². The van der Waals surface area contributed by atoms with Gasteiger partial charge in [-0.1, -0.05) is 11.6 Å². The van der Waals surface area contributed by atoms with Crippen molar-refractivity contribution >= 4 is 33.2 Å². The number of benzene rings is 2. The van der Waals surface area contributed by atoms with Crippen molar-refractivity contribution in [3.05, 3.63) is 65.5 Å². The second kappa shape index (κ2) is 7.66. The number of carbonyl (C=O) groups excluding carboxylic acids is 1. The van der Waals surface area contributed by atoms with Crippen molar-refractivity contribution in [2.24, 2.45) is 0 Å². The van der Waals surface area contributed by atoms with Crippen LogP contribution < -0.4 is 5.32 Å². The van der Waals surface area contributed by atoms with Crippen LogP contribution in [0.1, 0.15) is 10.4 Å². The molecular weight excluding hydrogens is 409 g/mol. The SMILES string of the molecule is CN(C)S(=O)(=O)c1ccc(Cl)c(C(=O)Nc2ccc(-n3cncn3)c(F)c2)c1. The van der Waals surface area contributed by atoms with Gasteiger partial charge in [0.25, 0.3) is 5.91 Å². The molecular formula is C17H15ClFN5O3S. The van der Waals surface area contributed by atoms with E-state index in [1.54, 1.807) is 0 Å². The van der Waals surface area contributed by atoms with Gasteiger partial charge in [0.2, 0.25) is 10.0 Å². The fraction of sp³-hybridized carbons (Fsp3) is 0.118. The van der Waals surface area contributed by atoms with Crippen molar-refractivity contribution in [1.82, 2.24) is 19.1 Å². The van der Waals surface area contributed by atoms with Crippen LogP contribution in [-0.2, 0) is 10.0 Å². The molecule has 1 N–H and O–H groups in total. The summed E-state index contributed by atoms with van der Waals surface area (Å²) in [4.78, 5) is 16.2. The summed E-state index contributed by atoms with van der Waals surface area (Å²) in [6.45, 7) is 0. The molecule has 1 heterocycles. The smallest absolute Gasteiger partial charge is 0.257 e. The molecule has 0 atom stereocenters. The minimum atomic E-state index is -3.74. The number of nitrogens with one attached hydrogen (secondary N) is 1. The lowest BCUT2D eigenvalue weighted by Crippen LogP contribution is -2.23. The van der Waals surface area contributed by atoms with Crippen LogP contribution in [0.15, 0.2) is 53.9 Å². The number of amides is 1. The Morgan fingerprint density at radius 3 is 2.57 bits per heavy atom. The fourth-order valence-electron chi connectivity index (χ4n) is 2.35. The molecule has 1 amide bonds. The summed E-state index contributed by atoms with van der Waals surface area (Å²) in [5.41, 5.74) is 0.279. The van der Waals surface area contributed by atoms with Crippen molar-refractivity contribution in [3.63, 3.8) is 0 Å². The van der Waals surface area contributed by atoms with E-state index in [4.69, 9.17) is 11.6 Å². The summed E-state index contributed by atoms with van der Waals surface area (Å²) in [5, 5.41) is 6.41. The molecule has 28 heavy (non-hydrogen) atoms. The topological polar surface area (TPSA) is 97.2 Å². The van der Waals surface area contributed by atoms with Crippen LogP contribution in [-0.4, -0.2) is 47.5 Å². The van der Waals surface area contributed by atoms with Gasteiger partial charge in [0.1, 0.15) is 18.3 Å². The summed E-state index contributed by atoms with van der Waals surface area (Å²) in [6.07, 6.45) is 2.61. The predicted octanol–water partition coefficient (Wildman–Crippen LogP) is 2.56. The maximum absolute atomic E-state index is 14.3. The number of aromatic nitrogens is 3. The van der Waals surface area contributed by atoms with E-state index in [-0.39, 0.29) is 26.9 Å². The monoisotopic (exact) mass is 423 g/mol. The molecule has 0 saturated heterocycles. The van der Waals surface area contributed by atoms with Gasteiger partial charge in [-0.15, -0.1) is 0 Å². The van der Waals surface area contributed by atoms with E-state index in [9.17, 15) is 17.6 Å². The molecule has 0 unspecified atom stereocenters. The van der Waals surface area contributed by atoms with Gasteiger partial charge in [0.15, 0.2) is 5.82 Å². The van der Waals surface area contributed by atoms with E-state index in [1.165, 1.54) is 61.8 Å². The number of anilines is 1. The van der Waals surface area contributed by atoms with Gasteiger partial charge >= 0.3 is 0 Å². The Balaban J connectivity index is 1.88. The van der Waals surface area contributed by atoms with Gasteiger partial charge in [-0.05, 0) is 36.4 Å². The molecule has 146 valence electrons. The molecule has 2 aromatic carbocycles. The normalized spacial score (nSPS) is 11.6. The van der Waals surface area contributed by atoms with Crippen molar-refractivity contribution in [3.8, 4) is 5.69 Å². The van der Waals surface area contributed by atoms with Crippen molar-refractivity contribution < 1.29 is 17.6 Å². The molecule has 3 rings (SSSR count). The van der Waals surface area contributed by atoms with Gasteiger partial charge in [-0.2, -0.15) is 5.10 Å². The number of nitrogens with zero attached hydrogens (tertiary/aromatic N) is 4. The zero-order valence-electron chi connectivity index (χ0n) is 14.8. The first-order valence-electron chi connectivity index (χ1n) is 7.88. The average molecular weight is 424 g/mol. The highest BCUT2D eigenvalue weighted by molar-refractivity contribution is 7.89. The van der Waals surface area contributed by atoms with E-state index >= 15 is 0 Å². The highest BCUT2D eigenvalue weighted by Gasteiger charge is 2.21. The Labute approximate surface area is 165 Å². The number of sulfonamides is 1. The minimum Gasteiger partial charge on any atom is -0.322 e. The summed E-state index contributed by atoms with van der Waals surface area (Å²) in [7, 11) is -0.985. The summed E-state index contributed by atoms with van der Waals surface area (Å²) < 4.78 is 41.1. The third kappa shape index (κ3) is 3.88. The molecule has 11 heteroatoms. The number of hydrogen-bond acceptors (Lipinski definition) is 5. The van der Waals surface area contributed by atoms with E-state index < -0.39 is 21.7 Å². The summed E-state index contributed by atoms with van der Waals surface area (Å²) in [5.74, 6) is -1.30. The van der Waals surface area contributed by atoms with Crippen LogP contribution in [0, 0.1) is 5.82 Å². The first-order valence-corrected chi connectivity index (χ1v) is 9.70. The molecule has 3 aromatic rings. The Kier molecular flexibility index (Phi) is 5.45. The highest BCUT2D eigenvalue weighted by atomic mass is 35.5. The van der Waals surface area contributed by atoms with Crippen LogP contribution in [0.25, 0.3) is 5.69 Å². The Morgan fingerprint density at radius 2 is 1.96 bits per heavy atom. The number of carbonyl (C=O) groups is 1. The van der Waals surface area contributed by atoms with Gasteiger partial charge in [-0.25, -0.2) is 26.8 Å².